The lowest BCUT2D eigenvalue weighted by Gasteiger charge is -2.07. The van der Waals surface area contributed by atoms with Crippen molar-refractivity contribution >= 4 is 23.7 Å². The number of carbonyl (C=O) groups excluding carboxylic acids is 2. The fourth-order valence-electron chi connectivity index (χ4n) is 2.32. The number of nitrogens with zero attached hydrogens (tertiary/aromatic N) is 1. The molecule has 2 aromatic rings. The highest BCUT2D eigenvalue weighted by Gasteiger charge is 2.12. The second-order valence-electron chi connectivity index (χ2n) is 5.47. The van der Waals surface area contributed by atoms with Gasteiger partial charge in [0.2, 0.25) is 0 Å². The van der Waals surface area contributed by atoms with Gasteiger partial charge in [-0.3, -0.25) is 9.59 Å². The SMILES string of the molecule is Cc1cc(C)c(C=NNC(=O)C(=O)Nc2ccc(F)cc2)c(C)c1. The average molecular weight is 327 g/mol. The Labute approximate surface area is 139 Å². The monoisotopic (exact) mass is 327 g/mol. The normalized spacial score (nSPS) is 10.7. The van der Waals surface area contributed by atoms with Crippen LogP contribution in [0.15, 0.2) is 41.5 Å². The fraction of sp³-hybridized carbons (Fsp3) is 0.167. The van der Waals surface area contributed by atoms with E-state index >= 15 is 0 Å². The number of carbonyl (C=O) groups is 2. The highest BCUT2D eigenvalue weighted by molar-refractivity contribution is 6.39. The van der Waals surface area contributed by atoms with Crippen LogP contribution in [-0.2, 0) is 9.59 Å². The Bertz CT molecular complexity index is 775. The molecule has 0 bridgehead atoms. The highest BCUT2D eigenvalue weighted by Crippen LogP contribution is 2.14. The van der Waals surface area contributed by atoms with Crippen LogP contribution in [0.1, 0.15) is 22.3 Å². The second-order valence-corrected chi connectivity index (χ2v) is 5.47. The molecule has 0 atom stereocenters. The third-order valence-electron chi connectivity index (χ3n) is 3.41. The number of nitrogens with one attached hydrogen (secondary N) is 2. The molecule has 0 aromatic heterocycles. The summed E-state index contributed by atoms with van der Waals surface area (Å²) >= 11 is 0. The first-order valence-electron chi connectivity index (χ1n) is 7.34. The number of halogens is 1. The number of aryl methyl sites for hydroxylation is 3. The Morgan fingerprint density at radius 2 is 1.58 bits per heavy atom. The lowest BCUT2D eigenvalue weighted by Crippen LogP contribution is -2.32. The van der Waals surface area contributed by atoms with Crippen molar-refractivity contribution in [3.8, 4) is 0 Å². The van der Waals surface area contributed by atoms with E-state index in [1.165, 1.54) is 30.5 Å². The van der Waals surface area contributed by atoms with E-state index in [9.17, 15) is 14.0 Å². The standard InChI is InChI=1S/C18H18FN3O2/c1-11-8-12(2)16(13(3)9-11)10-20-22-18(24)17(23)21-15-6-4-14(19)5-7-15/h4-10H,1-3H3,(H,21,23)(H,22,24). The maximum atomic E-state index is 12.8. The van der Waals surface area contributed by atoms with E-state index < -0.39 is 17.6 Å². The lowest BCUT2D eigenvalue weighted by molar-refractivity contribution is -0.136. The molecule has 0 unspecified atom stereocenters. The Morgan fingerprint density at radius 3 is 2.17 bits per heavy atom. The van der Waals surface area contributed by atoms with Crippen LogP contribution >= 0.6 is 0 Å². The molecule has 0 radical (unpaired) electrons. The van der Waals surface area contributed by atoms with Gasteiger partial charge in [0.25, 0.3) is 0 Å². The summed E-state index contributed by atoms with van der Waals surface area (Å²) in [5.74, 6) is -2.21. The summed E-state index contributed by atoms with van der Waals surface area (Å²) in [7, 11) is 0. The molecule has 2 rings (SSSR count). The van der Waals surface area contributed by atoms with Crippen molar-refractivity contribution in [3.05, 3.63) is 64.5 Å². The van der Waals surface area contributed by atoms with Gasteiger partial charge in [-0.05, 0) is 56.2 Å². The summed E-state index contributed by atoms with van der Waals surface area (Å²) in [4.78, 5) is 23.4. The van der Waals surface area contributed by atoms with Gasteiger partial charge >= 0.3 is 11.8 Å². The number of rotatable bonds is 3. The van der Waals surface area contributed by atoms with Gasteiger partial charge in [0.1, 0.15) is 5.82 Å². The summed E-state index contributed by atoms with van der Waals surface area (Å²) < 4.78 is 12.8. The zero-order chi connectivity index (χ0) is 17.7. The molecule has 0 fully saturated rings. The van der Waals surface area contributed by atoms with E-state index in [1.807, 2.05) is 32.9 Å². The number of hydrogen-bond donors (Lipinski definition) is 2. The third kappa shape index (κ3) is 4.49. The van der Waals surface area contributed by atoms with E-state index in [4.69, 9.17) is 0 Å². The molecule has 0 spiro atoms. The molecule has 0 aliphatic carbocycles. The first-order chi connectivity index (χ1) is 11.4. The number of anilines is 1. The largest absolute Gasteiger partial charge is 0.329 e. The Morgan fingerprint density at radius 1 is 1.00 bits per heavy atom. The minimum atomic E-state index is -0.905. The van der Waals surface area contributed by atoms with Gasteiger partial charge in [-0.25, -0.2) is 9.82 Å². The smallest absolute Gasteiger partial charge is 0.318 e. The lowest BCUT2D eigenvalue weighted by atomic mass is 10.0. The molecule has 0 aliphatic heterocycles. The Kier molecular flexibility index (Phi) is 5.42. The third-order valence-corrected chi connectivity index (χ3v) is 3.41. The van der Waals surface area contributed by atoms with Crippen LogP contribution in [0.25, 0.3) is 0 Å². The Hall–Kier alpha value is -3.02. The van der Waals surface area contributed by atoms with Crippen LogP contribution in [0.4, 0.5) is 10.1 Å². The molecule has 5 nitrogen and oxygen atoms in total. The van der Waals surface area contributed by atoms with Crippen molar-refractivity contribution in [1.29, 1.82) is 0 Å². The topological polar surface area (TPSA) is 70.6 Å². The van der Waals surface area contributed by atoms with Gasteiger partial charge in [-0.1, -0.05) is 17.7 Å². The van der Waals surface area contributed by atoms with Gasteiger partial charge in [0.15, 0.2) is 0 Å². The van der Waals surface area contributed by atoms with E-state index in [1.54, 1.807) is 0 Å². The predicted molar refractivity (Wildman–Crippen MR) is 91.4 cm³/mol. The van der Waals surface area contributed by atoms with Crippen LogP contribution in [0, 0.1) is 26.6 Å². The molecular formula is C18H18FN3O2. The molecule has 6 heteroatoms. The van der Waals surface area contributed by atoms with Crippen LogP contribution in [0.2, 0.25) is 0 Å². The minimum Gasteiger partial charge on any atom is -0.318 e. The number of hydrazone groups is 1. The molecular weight excluding hydrogens is 309 g/mol. The molecule has 0 saturated carbocycles. The molecule has 124 valence electrons. The second kappa shape index (κ2) is 7.50. The van der Waals surface area contributed by atoms with Crippen molar-refractivity contribution in [2.45, 2.75) is 20.8 Å². The Balaban J connectivity index is 1.97. The fourth-order valence-corrected chi connectivity index (χ4v) is 2.32. The summed E-state index contributed by atoms with van der Waals surface area (Å²) in [5, 5.41) is 6.18. The minimum absolute atomic E-state index is 0.325. The van der Waals surface area contributed by atoms with Gasteiger partial charge in [0, 0.05) is 11.3 Å². The molecule has 2 amide bonds. The van der Waals surface area contributed by atoms with Crippen LogP contribution in [0.3, 0.4) is 0 Å². The van der Waals surface area contributed by atoms with Gasteiger partial charge in [-0.15, -0.1) is 0 Å². The van der Waals surface area contributed by atoms with Crippen molar-refractivity contribution in [1.82, 2.24) is 5.43 Å². The average Bonchev–Trinajstić information content (AvgIpc) is 2.51. The predicted octanol–water partition coefficient (Wildman–Crippen LogP) is 2.84. The molecule has 2 aromatic carbocycles. The summed E-state index contributed by atoms with van der Waals surface area (Å²) in [6, 6.07) is 9.13. The van der Waals surface area contributed by atoms with E-state index in [0.29, 0.717) is 5.69 Å². The maximum absolute atomic E-state index is 12.8. The van der Waals surface area contributed by atoms with Crippen LogP contribution in [0.5, 0.6) is 0 Å². The van der Waals surface area contributed by atoms with E-state index in [0.717, 1.165) is 22.3 Å². The van der Waals surface area contributed by atoms with Crippen molar-refractivity contribution in [3.63, 3.8) is 0 Å². The van der Waals surface area contributed by atoms with Gasteiger partial charge in [-0.2, -0.15) is 5.10 Å². The van der Waals surface area contributed by atoms with Crippen molar-refractivity contribution in [2.24, 2.45) is 5.10 Å². The van der Waals surface area contributed by atoms with Gasteiger partial charge < -0.3 is 5.32 Å². The molecule has 24 heavy (non-hydrogen) atoms. The molecule has 2 N–H and O–H groups in total. The summed E-state index contributed by atoms with van der Waals surface area (Å²) in [6.45, 7) is 5.90. The van der Waals surface area contributed by atoms with E-state index in [-0.39, 0.29) is 0 Å². The maximum Gasteiger partial charge on any atom is 0.329 e. The van der Waals surface area contributed by atoms with Crippen molar-refractivity contribution < 1.29 is 14.0 Å². The highest BCUT2D eigenvalue weighted by atomic mass is 19.1. The van der Waals surface area contributed by atoms with E-state index in [2.05, 4.69) is 15.8 Å². The van der Waals surface area contributed by atoms with Crippen molar-refractivity contribution in [2.75, 3.05) is 5.32 Å². The number of hydrogen-bond acceptors (Lipinski definition) is 3. The number of amides is 2. The summed E-state index contributed by atoms with van der Waals surface area (Å²) in [6.07, 6.45) is 1.51. The molecule has 0 heterocycles. The zero-order valence-corrected chi connectivity index (χ0v) is 13.7. The van der Waals surface area contributed by atoms with Crippen LogP contribution < -0.4 is 10.7 Å². The first kappa shape index (κ1) is 17.3. The quantitative estimate of drug-likeness (QED) is 0.517. The summed E-state index contributed by atoms with van der Waals surface area (Å²) in [5.41, 5.74) is 6.59. The molecule has 0 saturated heterocycles. The number of benzene rings is 2. The van der Waals surface area contributed by atoms with Gasteiger partial charge in [0.05, 0.1) is 6.21 Å². The van der Waals surface area contributed by atoms with Crippen LogP contribution in [-0.4, -0.2) is 18.0 Å². The first-order valence-corrected chi connectivity index (χ1v) is 7.34. The molecule has 0 aliphatic rings. The zero-order valence-electron chi connectivity index (χ0n) is 13.7.